The van der Waals surface area contributed by atoms with Crippen molar-refractivity contribution in [2.75, 3.05) is 35.6 Å². The Hall–Kier alpha value is -3.30. The summed E-state index contributed by atoms with van der Waals surface area (Å²) in [6, 6.07) is 13.6. The highest BCUT2D eigenvalue weighted by Gasteiger charge is 2.11. The van der Waals surface area contributed by atoms with Crippen LogP contribution in [0.2, 0.25) is 0 Å². The predicted octanol–water partition coefficient (Wildman–Crippen LogP) is 3.75. The van der Waals surface area contributed by atoms with E-state index in [2.05, 4.69) is 30.9 Å². The Morgan fingerprint density at radius 3 is 2.22 bits per heavy atom. The van der Waals surface area contributed by atoms with E-state index in [4.69, 9.17) is 5.73 Å². The minimum atomic E-state index is -0.714. The smallest absolute Gasteiger partial charge is 0.233 e. The van der Waals surface area contributed by atoms with Crippen molar-refractivity contribution in [1.29, 1.82) is 0 Å². The number of anilines is 4. The van der Waals surface area contributed by atoms with Gasteiger partial charge in [0.15, 0.2) is 0 Å². The fourth-order valence-corrected chi connectivity index (χ4v) is 2.99. The van der Waals surface area contributed by atoms with E-state index in [1.54, 1.807) is 12.1 Å². The third-order valence-corrected chi connectivity index (χ3v) is 4.82. The van der Waals surface area contributed by atoms with Crippen LogP contribution in [-0.2, 0) is 0 Å². The van der Waals surface area contributed by atoms with E-state index < -0.39 is 6.10 Å². The molecule has 0 saturated heterocycles. The van der Waals surface area contributed by atoms with Gasteiger partial charge in [0.1, 0.15) is 5.82 Å². The number of aliphatic hydroxyl groups is 1. The summed E-state index contributed by atoms with van der Waals surface area (Å²) in [5.74, 6) is 0.715. The van der Waals surface area contributed by atoms with Crippen LogP contribution in [0.25, 0.3) is 0 Å². The maximum Gasteiger partial charge on any atom is 0.233 e. The number of hydrogen-bond donors (Lipinski definition) is 5. The standard InChI is InChI=1S/C23H30FN7O/c1-16-5-7-17(8-6-16)20(32)15-27-22-29-21(26-14-4-2-3-13-25)30-23(31-22)28-19-11-9-18(24)10-12-19/h5-12,20,32H,2-4,13-15,25H2,1H3,(H3,26,27,28,29,30,31). The third kappa shape index (κ3) is 7.44. The van der Waals surface area contributed by atoms with E-state index in [1.807, 2.05) is 31.2 Å². The average molecular weight is 440 g/mol. The first-order valence-electron chi connectivity index (χ1n) is 10.7. The molecule has 0 aliphatic heterocycles. The molecule has 9 heteroatoms. The number of nitrogens with zero attached hydrogens (tertiary/aromatic N) is 3. The zero-order chi connectivity index (χ0) is 22.8. The fraction of sp³-hybridized carbons (Fsp3) is 0.348. The molecule has 1 heterocycles. The number of nitrogens with one attached hydrogen (secondary N) is 3. The van der Waals surface area contributed by atoms with Crippen LogP contribution in [-0.4, -0.2) is 39.7 Å². The summed E-state index contributed by atoms with van der Waals surface area (Å²) in [6.07, 6.45) is 2.22. The molecule has 0 amide bonds. The number of nitrogens with two attached hydrogens (primary N) is 1. The molecular weight excluding hydrogens is 409 g/mol. The lowest BCUT2D eigenvalue weighted by Gasteiger charge is -2.14. The van der Waals surface area contributed by atoms with Crippen LogP contribution in [0, 0.1) is 12.7 Å². The van der Waals surface area contributed by atoms with Gasteiger partial charge in [0.25, 0.3) is 0 Å². The Bertz CT molecular complexity index is 967. The van der Waals surface area contributed by atoms with Crippen molar-refractivity contribution < 1.29 is 9.50 Å². The summed E-state index contributed by atoms with van der Waals surface area (Å²) in [5, 5.41) is 19.8. The number of aryl methyl sites for hydroxylation is 1. The van der Waals surface area contributed by atoms with E-state index >= 15 is 0 Å². The van der Waals surface area contributed by atoms with Crippen molar-refractivity contribution in [1.82, 2.24) is 15.0 Å². The summed E-state index contributed by atoms with van der Waals surface area (Å²) in [5.41, 5.74) is 8.12. The molecule has 0 radical (unpaired) electrons. The number of aliphatic hydroxyl groups excluding tert-OH is 1. The third-order valence-electron chi connectivity index (χ3n) is 4.82. The maximum atomic E-state index is 13.2. The van der Waals surface area contributed by atoms with Crippen LogP contribution in [0.1, 0.15) is 36.5 Å². The van der Waals surface area contributed by atoms with Gasteiger partial charge in [0, 0.05) is 18.8 Å². The summed E-state index contributed by atoms with van der Waals surface area (Å²) in [4.78, 5) is 13.2. The molecule has 0 saturated carbocycles. The Labute approximate surface area is 187 Å². The summed E-state index contributed by atoms with van der Waals surface area (Å²) in [6.45, 7) is 3.61. The van der Waals surface area contributed by atoms with Gasteiger partial charge < -0.3 is 26.8 Å². The van der Waals surface area contributed by atoms with E-state index in [1.165, 1.54) is 12.1 Å². The zero-order valence-electron chi connectivity index (χ0n) is 18.2. The second-order valence-corrected chi connectivity index (χ2v) is 7.52. The SMILES string of the molecule is Cc1ccc(C(O)CNc2nc(NCCCCCN)nc(Nc3ccc(F)cc3)n2)cc1. The summed E-state index contributed by atoms with van der Waals surface area (Å²) >= 11 is 0. The monoisotopic (exact) mass is 439 g/mol. The second kappa shape index (κ2) is 11.9. The van der Waals surface area contributed by atoms with Gasteiger partial charge in [0.05, 0.1) is 6.10 Å². The van der Waals surface area contributed by atoms with Gasteiger partial charge in [-0.3, -0.25) is 0 Å². The van der Waals surface area contributed by atoms with Crippen LogP contribution >= 0.6 is 0 Å². The van der Waals surface area contributed by atoms with Crippen LogP contribution in [0.15, 0.2) is 48.5 Å². The normalized spacial score (nSPS) is 11.8. The molecule has 6 N–H and O–H groups in total. The molecule has 3 aromatic rings. The lowest BCUT2D eigenvalue weighted by Crippen LogP contribution is -2.16. The Morgan fingerprint density at radius 2 is 1.53 bits per heavy atom. The van der Waals surface area contributed by atoms with Crippen LogP contribution < -0.4 is 21.7 Å². The topological polar surface area (TPSA) is 121 Å². The molecule has 1 atom stereocenters. The van der Waals surface area contributed by atoms with Crippen molar-refractivity contribution >= 4 is 23.5 Å². The summed E-state index contributed by atoms with van der Waals surface area (Å²) in [7, 11) is 0. The first-order valence-corrected chi connectivity index (χ1v) is 10.7. The lowest BCUT2D eigenvalue weighted by atomic mass is 10.1. The van der Waals surface area contributed by atoms with Crippen LogP contribution in [0.5, 0.6) is 0 Å². The quantitative estimate of drug-likeness (QED) is 0.271. The number of aromatic nitrogens is 3. The van der Waals surface area contributed by atoms with Gasteiger partial charge in [-0.15, -0.1) is 0 Å². The first-order chi connectivity index (χ1) is 15.5. The molecular formula is C23H30FN7O. The number of hydrogen-bond acceptors (Lipinski definition) is 8. The minimum absolute atomic E-state index is 0.235. The van der Waals surface area contributed by atoms with Crippen LogP contribution in [0.3, 0.4) is 0 Å². The highest BCUT2D eigenvalue weighted by atomic mass is 19.1. The first kappa shape index (κ1) is 23.4. The average Bonchev–Trinajstić information content (AvgIpc) is 2.79. The summed E-state index contributed by atoms with van der Waals surface area (Å²) < 4.78 is 13.2. The van der Waals surface area contributed by atoms with Gasteiger partial charge >= 0.3 is 0 Å². The Kier molecular flexibility index (Phi) is 8.70. The van der Waals surface area contributed by atoms with Crippen molar-refractivity contribution in [2.45, 2.75) is 32.3 Å². The number of benzene rings is 2. The van der Waals surface area contributed by atoms with Crippen molar-refractivity contribution in [3.8, 4) is 0 Å². The highest BCUT2D eigenvalue weighted by Crippen LogP contribution is 2.18. The Morgan fingerprint density at radius 1 is 0.875 bits per heavy atom. The molecule has 32 heavy (non-hydrogen) atoms. The molecule has 1 aromatic heterocycles. The predicted molar refractivity (Wildman–Crippen MR) is 126 cm³/mol. The second-order valence-electron chi connectivity index (χ2n) is 7.52. The van der Waals surface area contributed by atoms with Gasteiger partial charge in [-0.1, -0.05) is 36.2 Å². The lowest BCUT2D eigenvalue weighted by molar-refractivity contribution is 0.191. The maximum absolute atomic E-state index is 13.2. The van der Waals surface area contributed by atoms with Gasteiger partial charge in [-0.2, -0.15) is 15.0 Å². The minimum Gasteiger partial charge on any atom is -0.387 e. The van der Waals surface area contributed by atoms with E-state index in [0.29, 0.717) is 36.6 Å². The van der Waals surface area contributed by atoms with Gasteiger partial charge in [-0.05, 0) is 56.1 Å². The molecule has 0 bridgehead atoms. The van der Waals surface area contributed by atoms with Crippen molar-refractivity contribution in [3.05, 3.63) is 65.5 Å². The van der Waals surface area contributed by atoms with Crippen molar-refractivity contribution in [2.24, 2.45) is 5.73 Å². The van der Waals surface area contributed by atoms with E-state index in [9.17, 15) is 9.50 Å². The van der Waals surface area contributed by atoms with E-state index in [-0.39, 0.29) is 12.4 Å². The largest absolute Gasteiger partial charge is 0.387 e. The Balaban J connectivity index is 1.69. The number of unbranched alkanes of at least 4 members (excludes halogenated alkanes) is 2. The molecule has 0 aliphatic carbocycles. The molecule has 8 nitrogen and oxygen atoms in total. The van der Waals surface area contributed by atoms with Crippen LogP contribution in [0.4, 0.5) is 27.9 Å². The molecule has 0 spiro atoms. The molecule has 3 rings (SSSR count). The highest BCUT2D eigenvalue weighted by molar-refractivity contribution is 5.55. The van der Waals surface area contributed by atoms with E-state index in [0.717, 1.165) is 30.4 Å². The zero-order valence-corrected chi connectivity index (χ0v) is 18.2. The van der Waals surface area contributed by atoms with Gasteiger partial charge in [-0.25, -0.2) is 4.39 Å². The fourth-order valence-electron chi connectivity index (χ4n) is 2.99. The molecule has 170 valence electrons. The molecule has 0 fully saturated rings. The number of rotatable bonds is 12. The van der Waals surface area contributed by atoms with Crippen molar-refractivity contribution in [3.63, 3.8) is 0 Å². The molecule has 0 aliphatic rings. The molecule has 1 unspecified atom stereocenters. The number of halogens is 1. The van der Waals surface area contributed by atoms with Gasteiger partial charge in [0.2, 0.25) is 17.8 Å². The molecule has 2 aromatic carbocycles.